The van der Waals surface area contributed by atoms with E-state index >= 15 is 0 Å². The van der Waals surface area contributed by atoms with Crippen LogP contribution in [0, 0.1) is 11.8 Å². The molecule has 0 radical (unpaired) electrons. The number of carbonyl (C=O) groups excluding carboxylic acids is 1. The fourth-order valence-electron chi connectivity index (χ4n) is 2.65. The van der Waals surface area contributed by atoms with Gasteiger partial charge in [0.1, 0.15) is 11.6 Å². The van der Waals surface area contributed by atoms with Gasteiger partial charge in [-0.1, -0.05) is 37.0 Å². The summed E-state index contributed by atoms with van der Waals surface area (Å²) >= 11 is 11.5. The van der Waals surface area contributed by atoms with E-state index in [0.29, 0.717) is 11.8 Å². The van der Waals surface area contributed by atoms with E-state index < -0.39 is 5.56 Å². The van der Waals surface area contributed by atoms with Gasteiger partial charge in [-0.05, 0) is 18.3 Å². The number of hydrogen-bond acceptors (Lipinski definition) is 3. The fourth-order valence-corrected chi connectivity index (χ4v) is 2.92. The molecule has 1 aromatic rings. The van der Waals surface area contributed by atoms with Crippen LogP contribution in [-0.4, -0.2) is 33.7 Å². The summed E-state index contributed by atoms with van der Waals surface area (Å²) in [6, 6.07) is 0. The number of aromatic nitrogens is 2. The maximum atomic E-state index is 12.3. The molecule has 5 nitrogen and oxygen atoms in total. The van der Waals surface area contributed by atoms with Gasteiger partial charge in [-0.2, -0.15) is 5.10 Å². The summed E-state index contributed by atoms with van der Waals surface area (Å²) in [6.45, 7) is 5.59. The van der Waals surface area contributed by atoms with Gasteiger partial charge < -0.3 is 4.90 Å². The third kappa shape index (κ3) is 3.33. The first-order chi connectivity index (χ1) is 9.38. The molecule has 0 aliphatic carbocycles. The van der Waals surface area contributed by atoms with Gasteiger partial charge in [0.15, 0.2) is 0 Å². The molecule has 0 unspecified atom stereocenters. The molecule has 1 amide bonds. The molecular weight excluding hydrogens is 301 g/mol. The van der Waals surface area contributed by atoms with Crippen LogP contribution in [0.15, 0.2) is 11.0 Å². The van der Waals surface area contributed by atoms with E-state index in [1.54, 1.807) is 4.90 Å². The van der Waals surface area contributed by atoms with Crippen molar-refractivity contribution < 1.29 is 4.79 Å². The van der Waals surface area contributed by atoms with Gasteiger partial charge in [0.05, 0.1) is 11.2 Å². The molecule has 0 saturated carbocycles. The molecular formula is C13H17Cl2N3O2. The zero-order valence-electron chi connectivity index (χ0n) is 11.5. The Bertz CT molecular complexity index is 563. The first kappa shape index (κ1) is 15.3. The lowest BCUT2D eigenvalue weighted by Crippen LogP contribution is -2.45. The fraction of sp³-hybridized carbons (Fsp3) is 0.615. The van der Waals surface area contributed by atoms with E-state index in [0.717, 1.165) is 24.2 Å². The lowest BCUT2D eigenvalue weighted by molar-refractivity contribution is -0.134. The number of piperidine rings is 1. The predicted octanol–water partition coefficient (Wildman–Crippen LogP) is 2.05. The van der Waals surface area contributed by atoms with Crippen LogP contribution >= 0.6 is 23.2 Å². The number of hydrogen-bond donors (Lipinski definition) is 0. The second-order valence-electron chi connectivity index (χ2n) is 5.51. The van der Waals surface area contributed by atoms with Gasteiger partial charge in [-0.15, -0.1) is 0 Å². The van der Waals surface area contributed by atoms with Crippen LogP contribution in [0.4, 0.5) is 0 Å². The zero-order chi connectivity index (χ0) is 14.9. The number of halogens is 2. The number of rotatable bonds is 2. The number of likely N-dealkylation sites (tertiary alicyclic amines) is 1. The van der Waals surface area contributed by atoms with Gasteiger partial charge in [-0.25, -0.2) is 4.68 Å². The standard InChI is InChI=1S/C13H17Cl2N3O2/c1-8-3-9(2)6-17(5-8)11(19)7-18-13(20)12(15)10(14)4-16-18/h4,8-9H,3,5-7H2,1-2H3/t8-,9-/m0/s1. The van der Waals surface area contributed by atoms with Crippen molar-refractivity contribution in [3.8, 4) is 0 Å². The normalized spacial score (nSPS) is 22.9. The first-order valence-electron chi connectivity index (χ1n) is 6.57. The highest BCUT2D eigenvalue weighted by Crippen LogP contribution is 2.21. The maximum Gasteiger partial charge on any atom is 0.287 e. The summed E-state index contributed by atoms with van der Waals surface area (Å²) in [6.07, 6.45) is 2.40. The summed E-state index contributed by atoms with van der Waals surface area (Å²) in [5.41, 5.74) is -0.536. The first-order valence-corrected chi connectivity index (χ1v) is 7.33. The summed E-state index contributed by atoms with van der Waals surface area (Å²) in [5.74, 6) is 0.832. The molecule has 1 fully saturated rings. The third-order valence-corrected chi connectivity index (χ3v) is 4.20. The van der Waals surface area contributed by atoms with Crippen molar-refractivity contribution in [1.29, 1.82) is 0 Å². The van der Waals surface area contributed by atoms with Crippen molar-refractivity contribution in [2.24, 2.45) is 11.8 Å². The topological polar surface area (TPSA) is 55.2 Å². The minimum Gasteiger partial charge on any atom is -0.341 e. The highest BCUT2D eigenvalue weighted by atomic mass is 35.5. The average molecular weight is 318 g/mol. The third-order valence-electron chi connectivity index (χ3n) is 3.45. The monoisotopic (exact) mass is 317 g/mol. The molecule has 0 spiro atoms. The van der Waals surface area contributed by atoms with Crippen LogP contribution in [-0.2, 0) is 11.3 Å². The van der Waals surface area contributed by atoms with Gasteiger partial charge in [0, 0.05) is 13.1 Å². The van der Waals surface area contributed by atoms with Crippen LogP contribution in [0.3, 0.4) is 0 Å². The Balaban J connectivity index is 2.12. The van der Waals surface area contributed by atoms with E-state index in [4.69, 9.17) is 23.2 Å². The van der Waals surface area contributed by atoms with Crippen LogP contribution in [0.1, 0.15) is 20.3 Å². The Labute approximate surface area is 127 Å². The lowest BCUT2D eigenvalue weighted by Gasteiger charge is -2.35. The van der Waals surface area contributed by atoms with E-state index in [-0.39, 0.29) is 22.5 Å². The van der Waals surface area contributed by atoms with Crippen molar-refractivity contribution in [2.45, 2.75) is 26.8 Å². The molecule has 110 valence electrons. The predicted molar refractivity (Wildman–Crippen MR) is 78.0 cm³/mol. The van der Waals surface area contributed by atoms with Gasteiger partial charge in [-0.3, -0.25) is 9.59 Å². The largest absolute Gasteiger partial charge is 0.341 e. The van der Waals surface area contributed by atoms with E-state index in [2.05, 4.69) is 18.9 Å². The molecule has 1 aromatic heterocycles. The van der Waals surface area contributed by atoms with Crippen molar-refractivity contribution in [1.82, 2.24) is 14.7 Å². The zero-order valence-corrected chi connectivity index (χ0v) is 13.0. The second-order valence-corrected chi connectivity index (χ2v) is 6.30. The number of carbonyl (C=O) groups is 1. The van der Waals surface area contributed by atoms with Gasteiger partial charge in [0.2, 0.25) is 5.91 Å². The highest BCUT2D eigenvalue weighted by molar-refractivity contribution is 6.41. The molecule has 1 saturated heterocycles. The average Bonchev–Trinajstić information content (AvgIpc) is 2.38. The lowest BCUT2D eigenvalue weighted by atomic mass is 9.92. The molecule has 2 heterocycles. The number of nitrogens with zero attached hydrogens (tertiary/aromatic N) is 3. The van der Waals surface area contributed by atoms with Crippen LogP contribution in [0.2, 0.25) is 10.0 Å². The minimum atomic E-state index is -0.536. The van der Waals surface area contributed by atoms with Gasteiger partial charge in [0.25, 0.3) is 5.56 Å². The Morgan fingerprint density at radius 1 is 1.35 bits per heavy atom. The molecule has 0 N–H and O–H groups in total. The Morgan fingerprint density at radius 2 is 1.95 bits per heavy atom. The maximum absolute atomic E-state index is 12.3. The van der Waals surface area contributed by atoms with Crippen molar-refractivity contribution in [3.05, 3.63) is 26.6 Å². The molecule has 0 aromatic carbocycles. The van der Waals surface area contributed by atoms with Crippen molar-refractivity contribution in [3.63, 3.8) is 0 Å². The molecule has 1 aliphatic heterocycles. The van der Waals surface area contributed by atoms with Crippen LogP contribution in [0.25, 0.3) is 0 Å². The van der Waals surface area contributed by atoms with E-state index in [1.165, 1.54) is 6.20 Å². The van der Waals surface area contributed by atoms with E-state index in [9.17, 15) is 9.59 Å². The summed E-state index contributed by atoms with van der Waals surface area (Å²) in [7, 11) is 0. The number of amides is 1. The summed E-state index contributed by atoms with van der Waals surface area (Å²) in [4.78, 5) is 25.9. The molecule has 2 atom stereocenters. The SMILES string of the molecule is C[C@H]1C[C@H](C)CN(C(=O)Cn2ncc(Cl)c(Cl)c2=O)C1. The Kier molecular flexibility index (Phi) is 4.70. The van der Waals surface area contributed by atoms with Crippen molar-refractivity contribution in [2.75, 3.05) is 13.1 Å². The van der Waals surface area contributed by atoms with E-state index in [1.807, 2.05) is 0 Å². The molecule has 0 bridgehead atoms. The molecule has 1 aliphatic rings. The van der Waals surface area contributed by atoms with Gasteiger partial charge >= 0.3 is 0 Å². The Morgan fingerprint density at radius 3 is 2.55 bits per heavy atom. The molecule has 2 rings (SSSR count). The highest BCUT2D eigenvalue weighted by Gasteiger charge is 2.26. The molecule has 7 heteroatoms. The summed E-state index contributed by atoms with van der Waals surface area (Å²) in [5, 5.41) is 3.85. The smallest absolute Gasteiger partial charge is 0.287 e. The van der Waals surface area contributed by atoms with Crippen molar-refractivity contribution >= 4 is 29.1 Å². The minimum absolute atomic E-state index is 0.0978. The molecule has 20 heavy (non-hydrogen) atoms. The second kappa shape index (κ2) is 6.14. The quantitative estimate of drug-likeness (QED) is 0.839. The summed E-state index contributed by atoms with van der Waals surface area (Å²) < 4.78 is 1.06. The van der Waals surface area contributed by atoms with Crippen LogP contribution < -0.4 is 5.56 Å². The Hall–Kier alpha value is -1.07. The van der Waals surface area contributed by atoms with Crippen LogP contribution in [0.5, 0.6) is 0 Å².